The first kappa shape index (κ1) is 5.99. The predicted octanol–water partition coefficient (Wildman–Crippen LogP) is 0.404. The van der Waals surface area contributed by atoms with Gasteiger partial charge in [0, 0.05) is 0 Å². The van der Waals surface area contributed by atoms with E-state index in [2.05, 4.69) is 23.0 Å². The Morgan fingerprint density at radius 2 is 2.38 bits per heavy atom. The van der Waals surface area contributed by atoms with Crippen molar-refractivity contribution in [3.63, 3.8) is 0 Å². The molecule has 44 valence electrons. The van der Waals surface area contributed by atoms with Gasteiger partial charge in [-0.05, 0) is 0 Å². The fourth-order valence-corrected chi connectivity index (χ4v) is 1.73. The Labute approximate surface area is 54.9 Å². The third kappa shape index (κ3) is 0.984. The van der Waals surface area contributed by atoms with Gasteiger partial charge in [0.2, 0.25) is 0 Å². The average molecular weight is 175 g/mol. The van der Waals surface area contributed by atoms with Crippen molar-refractivity contribution < 1.29 is 0 Å². The molecule has 0 spiro atoms. The van der Waals surface area contributed by atoms with Crippen LogP contribution in [0, 0.1) is 6.92 Å². The number of rotatable bonds is 1. The Hall–Kier alpha value is -0.141. The molecule has 0 unspecified atom stereocenters. The number of hydrogen-bond donors (Lipinski definition) is 0. The van der Waals surface area contributed by atoms with Crippen LogP contribution in [0.4, 0.5) is 0 Å². The molecule has 0 fully saturated rings. The monoisotopic (exact) mass is 176 g/mol. The maximum absolute atomic E-state index is 3.97. The van der Waals surface area contributed by atoms with E-state index < -0.39 is 0 Å². The van der Waals surface area contributed by atoms with Crippen LogP contribution in [0.3, 0.4) is 0 Å². The van der Waals surface area contributed by atoms with Crippen LogP contribution in [0.2, 0.25) is 0 Å². The third-order valence-corrected chi connectivity index (χ3v) is 2.49. The summed E-state index contributed by atoms with van der Waals surface area (Å²) in [6.07, 6.45) is 1.04. The summed E-state index contributed by atoms with van der Waals surface area (Å²) in [5.41, 5.74) is 1.20. The number of hydrogen-bond acceptors (Lipinski definition) is 2. The van der Waals surface area contributed by atoms with Crippen molar-refractivity contribution in [2.75, 3.05) is 0 Å². The van der Waals surface area contributed by atoms with Crippen molar-refractivity contribution in [2.24, 2.45) is 0 Å². The minimum atomic E-state index is 0.339. The van der Waals surface area contributed by atoms with E-state index >= 15 is 0 Å². The Morgan fingerprint density at radius 3 is 2.62 bits per heavy atom. The zero-order valence-corrected chi connectivity index (χ0v) is 6.72. The zero-order valence-electron chi connectivity index (χ0n) is 5.01. The standard InChI is InChI=1S/C5H8N2Se/c1-3-5-4(2)8-7-6-5/h3H2,1-2H3. The van der Waals surface area contributed by atoms with Gasteiger partial charge < -0.3 is 0 Å². The van der Waals surface area contributed by atoms with E-state index in [0.717, 1.165) is 6.42 Å². The van der Waals surface area contributed by atoms with Gasteiger partial charge in [-0.15, -0.1) is 0 Å². The Morgan fingerprint density at radius 1 is 1.62 bits per heavy atom. The summed E-state index contributed by atoms with van der Waals surface area (Å²) in [6.45, 7) is 4.22. The van der Waals surface area contributed by atoms with Crippen molar-refractivity contribution >= 4 is 14.7 Å². The summed E-state index contributed by atoms with van der Waals surface area (Å²) in [5.74, 6) is 0. The molecule has 0 amide bonds. The zero-order chi connectivity index (χ0) is 5.98. The van der Waals surface area contributed by atoms with E-state index in [1.165, 1.54) is 10.1 Å². The van der Waals surface area contributed by atoms with Gasteiger partial charge in [-0.25, -0.2) is 0 Å². The Bertz CT molecular complexity index is 171. The minimum absolute atomic E-state index is 0.339. The van der Waals surface area contributed by atoms with Crippen LogP contribution in [-0.2, 0) is 6.42 Å². The van der Waals surface area contributed by atoms with Crippen molar-refractivity contribution in [2.45, 2.75) is 20.3 Å². The molecule has 0 aliphatic carbocycles. The van der Waals surface area contributed by atoms with E-state index in [1.54, 1.807) is 0 Å². The molecule has 1 aromatic heterocycles. The quantitative estimate of drug-likeness (QED) is 0.577. The Kier molecular flexibility index (Phi) is 1.81. The fraction of sp³-hybridized carbons (Fsp3) is 0.600. The van der Waals surface area contributed by atoms with Gasteiger partial charge in [0.1, 0.15) is 0 Å². The molecule has 2 nitrogen and oxygen atoms in total. The first-order chi connectivity index (χ1) is 3.84. The van der Waals surface area contributed by atoms with Crippen molar-refractivity contribution in [1.82, 2.24) is 9.19 Å². The molecule has 8 heavy (non-hydrogen) atoms. The van der Waals surface area contributed by atoms with Crippen LogP contribution < -0.4 is 0 Å². The summed E-state index contributed by atoms with van der Waals surface area (Å²) in [6, 6.07) is 0. The predicted molar refractivity (Wildman–Crippen MR) is 33.1 cm³/mol. The number of nitrogens with zero attached hydrogens (tertiary/aromatic N) is 2. The molecule has 0 radical (unpaired) electrons. The molecule has 0 atom stereocenters. The molecule has 0 saturated carbocycles. The molecule has 1 heterocycles. The molecular weight excluding hydrogens is 167 g/mol. The third-order valence-electron chi connectivity index (χ3n) is 1.08. The molecule has 3 heteroatoms. The molecular formula is C5H8N2Se. The average Bonchev–Trinajstić information content (AvgIpc) is 2.14. The van der Waals surface area contributed by atoms with Gasteiger partial charge in [-0.3, -0.25) is 0 Å². The van der Waals surface area contributed by atoms with Crippen LogP contribution in [0.15, 0.2) is 0 Å². The van der Waals surface area contributed by atoms with Crippen molar-refractivity contribution in [1.29, 1.82) is 0 Å². The van der Waals surface area contributed by atoms with Crippen LogP contribution in [0.5, 0.6) is 0 Å². The van der Waals surface area contributed by atoms with E-state index in [9.17, 15) is 0 Å². The normalized spacial score (nSPS) is 9.75. The molecule has 0 aliphatic heterocycles. The molecule has 1 rings (SSSR count). The second-order valence-corrected chi connectivity index (χ2v) is 3.64. The van der Waals surface area contributed by atoms with E-state index in [-0.39, 0.29) is 0 Å². The van der Waals surface area contributed by atoms with Crippen LogP contribution in [0.25, 0.3) is 0 Å². The van der Waals surface area contributed by atoms with Gasteiger partial charge in [-0.2, -0.15) is 0 Å². The Balaban J connectivity index is 2.92. The summed E-state index contributed by atoms with van der Waals surface area (Å²) in [5, 5.41) is 3.97. The molecule has 0 aliphatic rings. The topological polar surface area (TPSA) is 25.8 Å². The maximum atomic E-state index is 3.97. The van der Waals surface area contributed by atoms with Crippen LogP contribution >= 0.6 is 0 Å². The van der Waals surface area contributed by atoms with E-state index in [4.69, 9.17) is 0 Å². The number of aryl methyl sites for hydroxylation is 2. The molecule has 0 aromatic carbocycles. The van der Waals surface area contributed by atoms with E-state index in [1.807, 2.05) is 0 Å². The van der Waals surface area contributed by atoms with Crippen LogP contribution in [-0.4, -0.2) is 23.9 Å². The molecule has 0 N–H and O–H groups in total. The number of aromatic nitrogens is 2. The fourth-order valence-electron chi connectivity index (χ4n) is 0.574. The molecule has 0 saturated heterocycles. The SMILES string of the molecule is CCc1nn[se]c1C. The van der Waals surface area contributed by atoms with Gasteiger partial charge in [0.25, 0.3) is 0 Å². The van der Waals surface area contributed by atoms with Crippen molar-refractivity contribution in [3.05, 3.63) is 10.1 Å². The molecule has 0 bridgehead atoms. The summed E-state index contributed by atoms with van der Waals surface area (Å²) in [4.78, 5) is 0. The van der Waals surface area contributed by atoms with Gasteiger partial charge in [0.05, 0.1) is 0 Å². The van der Waals surface area contributed by atoms with Gasteiger partial charge in [-0.1, -0.05) is 0 Å². The summed E-state index contributed by atoms with van der Waals surface area (Å²) in [7, 11) is 0. The second kappa shape index (κ2) is 2.42. The van der Waals surface area contributed by atoms with E-state index in [0.29, 0.717) is 14.7 Å². The first-order valence-corrected chi connectivity index (χ1v) is 4.24. The molecule has 1 aromatic rings. The summed E-state index contributed by atoms with van der Waals surface area (Å²) >= 11 is 0.339. The second-order valence-electron chi connectivity index (χ2n) is 1.63. The van der Waals surface area contributed by atoms with Gasteiger partial charge in [0.15, 0.2) is 0 Å². The first-order valence-electron chi connectivity index (χ1n) is 2.62. The van der Waals surface area contributed by atoms with Crippen molar-refractivity contribution in [3.8, 4) is 0 Å². The van der Waals surface area contributed by atoms with Gasteiger partial charge >= 0.3 is 54.3 Å². The van der Waals surface area contributed by atoms with Crippen LogP contribution in [0.1, 0.15) is 17.1 Å². The summed E-state index contributed by atoms with van der Waals surface area (Å²) < 4.78 is 5.32.